The average Bonchev–Trinajstić information content (AvgIpc) is 2.82. The fourth-order valence-corrected chi connectivity index (χ4v) is 2.85. The number of aromatic nitrogens is 1. The Kier molecular flexibility index (Phi) is 5.06. The number of amides is 2. The molecule has 0 bridgehead atoms. The predicted molar refractivity (Wildman–Crippen MR) is 80.5 cm³/mol. The van der Waals surface area contributed by atoms with Crippen LogP contribution in [-0.4, -0.2) is 41.7 Å². The molecule has 1 saturated carbocycles. The summed E-state index contributed by atoms with van der Waals surface area (Å²) in [4.78, 5) is 14.2. The molecule has 5 heteroatoms. The molecule has 1 aromatic rings. The Balaban J connectivity index is 1.73. The van der Waals surface area contributed by atoms with Crippen LogP contribution in [0.2, 0.25) is 0 Å². The van der Waals surface area contributed by atoms with Gasteiger partial charge in [-0.05, 0) is 51.4 Å². The summed E-state index contributed by atoms with van der Waals surface area (Å²) in [5.74, 6) is 0. The molecule has 2 amide bonds. The van der Waals surface area contributed by atoms with Crippen LogP contribution >= 0.6 is 0 Å². The lowest BCUT2D eigenvalue weighted by atomic mass is 9.90. The summed E-state index contributed by atoms with van der Waals surface area (Å²) < 4.78 is 1.98. The zero-order chi connectivity index (χ0) is 14.5. The molecule has 0 spiro atoms. The fourth-order valence-electron chi connectivity index (χ4n) is 2.85. The van der Waals surface area contributed by atoms with Crippen LogP contribution in [0.25, 0.3) is 0 Å². The highest BCUT2D eigenvalue weighted by atomic mass is 16.2. The van der Waals surface area contributed by atoms with Crippen molar-refractivity contribution in [2.75, 3.05) is 14.1 Å². The number of nitrogens with zero attached hydrogens (tertiary/aromatic N) is 2. The third-order valence-corrected chi connectivity index (χ3v) is 4.06. The molecule has 2 atom stereocenters. The summed E-state index contributed by atoms with van der Waals surface area (Å²) in [5.41, 5.74) is 1.12. The van der Waals surface area contributed by atoms with Gasteiger partial charge in [0, 0.05) is 38.1 Å². The first kappa shape index (κ1) is 14.9. The first-order valence-corrected chi connectivity index (χ1v) is 7.36. The Bertz CT molecular complexity index is 441. The Hall–Kier alpha value is -1.49. The van der Waals surface area contributed by atoms with Gasteiger partial charge in [0.15, 0.2) is 0 Å². The van der Waals surface area contributed by atoms with Crippen LogP contribution in [0, 0.1) is 0 Å². The highest BCUT2D eigenvalue weighted by Gasteiger charge is 2.24. The van der Waals surface area contributed by atoms with Crippen molar-refractivity contribution >= 4 is 6.03 Å². The maximum atomic E-state index is 11.9. The molecule has 0 aliphatic heterocycles. The number of carbonyl (C=O) groups excluding carboxylic acids is 1. The van der Waals surface area contributed by atoms with Gasteiger partial charge in [-0.1, -0.05) is 0 Å². The molecule has 0 radical (unpaired) electrons. The minimum absolute atomic E-state index is 0.0572. The first-order chi connectivity index (χ1) is 9.54. The number of nitrogens with one attached hydrogen (secondary N) is 2. The van der Waals surface area contributed by atoms with Gasteiger partial charge in [-0.25, -0.2) is 4.79 Å². The molecule has 0 saturated heterocycles. The van der Waals surface area contributed by atoms with Gasteiger partial charge >= 0.3 is 6.03 Å². The van der Waals surface area contributed by atoms with E-state index in [4.69, 9.17) is 0 Å². The van der Waals surface area contributed by atoms with Gasteiger partial charge in [-0.3, -0.25) is 0 Å². The van der Waals surface area contributed by atoms with E-state index in [2.05, 4.69) is 29.6 Å². The second-order valence-corrected chi connectivity index (χ2v) is 5.99. The second kappa shape index (κ2) is 6.79. The van der Waals surface area contributed by atoms with Crippen LogP contribution in [0.3, 0.4) is 0 Å². The number of aryl methyl sites for hydroxylation is 1. The Morgan fingerprint density at radius 3 is 2.90 bits per heavy atom. The van der Waals surface area contributed by atoms with Crippen molar-refractivity contribution in [1.29, 1.82) is 0 Å². The lowest BCUT2D eigenvalue weighted by Crippen LogP contribution is -2.47. The van der Waals surface area contributed by atoms with Crippen molar-refractivity contribution in [3.63, 3.8) is 0 Å². The van der Waals surface area contributed by atoms with Gasteiger partial charge in [0.05, 0.1) is 0 Å². The molecule has 1 aromatic heterocycles. The van der Waals surface area contributed by atoms with Gasteiger partial charge in [0.25, 0.3) is 0 Å². The zero-order valence-corrected chi connectivity index (χ0v) is 12.7. The highest BCUT2D eigenvalue weighted by Crippen LogP contribution is 2.21. The first-order valence-electron chi connectivity index (χ1n) is 7.36. The maximum Gasteiger partial charge on any atom is 0.315 e. The van der Waals surface area contributed by atoms with E-state index in [-0.39, 0.29) is 6.03 Å². The second-order valence-electron chi connectivity index (χ2n) is 5.99. The minimum Gasteiger partial charge on any atom is -0.357 e. The monoisotopic (exact) mass is 278 g/mol. The molecule has 5 nitrogen and oxygen atoms in total. The number of hydrogen-bond acceptors (Lipinski definition) is 2. The van der Waals surface area contributed by atoms with E-state index in [0.717, 1.165) is 18.4 Å². The van der Waals surface area contributed by atoms with E-state index >= 15 is 0 Å². The molecule has 20 heavy (non-hydrogen) atoms. The van der Waals surface area contributed by atoms with Crippen molar-refractivity contribution in [3.05, 3.63) is 24.0 Å². The topological polar surface area (TPSA) is 49.3 Å². The Morgan fingerprint density at radius 2 is 2.25 bits per heavy atom. The standard InChI is InChI=1S/C15H26N4O/c1-18(2)14-6-4-5-13(9-14)17-15(20)16-10-12-7-8-19(3)11-12/h7-8,11,13-14H,4-6,9-10H2,1-3H3,(H2,16,17,20). The normalized spacial score (nSPS) is 22.8. The van der Waals surface area contributed by atoms with Crippen molar-refractivity contribution < 1.29 is 4.79 Å². The van der Waals surface area contributed by atoms with Gasteiger partial charge < -0.3 is 20.1 Å². The Labute approximate surface area is 121 Å². The van der Waals surface area contributed by atoms with Gasteiger partial charge in [0.2, 0.25) is 0 Å². The van der Waals surface area contributed by atoms with Crippen molar-refractivity contribution in [2.24, 2.45) is 7.05 Å². The number of carbonyl (C=O) groups is 1. The number of rotatable bonds is 4. The molecular weight excluding hydrogens is 252 g/mol. The maximum absolute atomic E-state index is 11.9. The summed E-state index contributed by atoms with van der Waals surface area (Å²) in [6.07, 6.45) is 8.55. The highest BCUT2D eigenvalue weighted by molar-refractivity contribution is 5.74. The summed E-state index contributed by atoms with van der Waals surface area (Å²) in [5, 5.41) is 6.02. The van der Waals surface area contributed by atoms with Crippen molar-refractivity contribution in [2.45, 2.75) is 44.3 Å². The SMILES string of the molecule is CN(C)C1CCCC(NC(=O)NCc2ccn(C)c2)C1. The van der Waals surface area contributed by atoms with E-state index < -0.39 is 0 Å². The van der Waals surface area contributed by atoms with Crippen LogP contribution in [0.15, 0.2) is 18.5 Å². The smallest absolute Gasteiger partial charge is 0.315 e. The van der Waals surface area contributed by atoms with E-state index in [1.54, 1.807) is 0 Å². The van der Waals surface area contributed by atoms with Crippen LogP contribution in [-0.2, 0) is 13.6 Å². The van der Waals surface area contributed by atoms with Gasteiger partial charge in [-0.15, -0.1) is 0 Å². The lowest BCUT2D eigenvalue weighted by molar-refractivity contribution is 0.193. The summed E-state index contributed by atoms with van der Waals surface area (Å²) in [6.45, 7) is 0.580. The van der Waals surface area contributed by atoms with E-state index in [9.17, 15) is 4.79 Å². The molecule has 1 heterocycles. The molecule has 2 N–H and O–H groups in total. The van der Waals surface area contributed by atoms with Crippen molar-refractivity contribution in [3.8, 4) is 0 Å². The van der Waals surface area contributed by atoms with Crippen molar-refractivity contribution in [1.82, 2.24) is 20.1 Å². The molecule has 112 valence electrons. The molecule has 1 fully saturated rings. The summed E-state index contributed by atoms with van der Waals surface area (Å²) >= 11 is 0. The molecular formula is C15H26N4O. The third-order valence-electron chi connectivity index (χ3n) is 4.06. The number of hydrogen-bond donors (Lipinski definition) is 2. The van der Waals surface area contributed by atoms with Crippen LogP contribution in [0.4, 0.5) is 4.79 Å². The molecule has 2 unspecified atom stereocenters. The van der Waals surface area contributed by atoms with E-state index in [0.29, 0.717) is 18.6 Å². The largest absolute Gasteiger partial charge is 0.357 e. The quantitative estimate of drug-likeness (QED) is 0.880. The summed E-state index contributed by atoms with van der Waals surface area (Å²) in [6, 6.07) is 2.84. The van der Waals surface area contributed by atoms with Crippen LogP contribution in [0.5, 0.6) is 0 Å². The predicted octanol–water partition coefficient (Wildman–Crippen LogP) is 1.70. The molecule has 1 aliphatic rings. The third kappa shape index (κ3) is 4.27. The molecule has 1 aliphatic carbocycles. The van der Waals surface area contributed by atoms with Crippen LogP contribution < -0.4 is 10.6 Å². The number of urea groups is 1. The fraction of sp³-hybridized carbons (Fsp3) is 0.667. The van der Waals surface area contributed by atoms with E-state index in [1.807, 2.05) is 30.1 Å². The molecule has 2 rings (SSSR count). The minimum atomic E-state index is -0.0572. The average molecular weight is 278 g/mol. The summed E-state index contributed by atoms with van der Waals surface area (Å²) in [7, 11) is 6.21. The lowest BCUT2D eigenvalue weighted by Gasteiger charge is -2.33. The van der Waals surface area contributed by atoms with Gasteiger partial charge in [0.1, 0.15) is 0 Å². The van der Waals surface area contributed by atoms with Crippen LogP contribution in [0.1, 0.15) is 31.2 Å². The molecule has 0 aromatic carbocycles. The Morgan fingerprint density at radius 1 is 1.45 bits per heavy atom. The zero-order valence-electron chi connectivity index (χ0n) is 12.7. The van der Waals surface area contributed by atoms with E-state index in [1.165, 1.54) is 12.8 Å². The van der Waals surface area contributed by atoms with Gasteiger partial charge in [-0.2, -0.15) is 0 Å².